The number of methoxy groups -OCH3 is 1. The number of hydrogen-bond acceptors (Lipinski definition) is 7. The van der Waals surface area contributed by atoms with Crippen molar-refractivity contribution in [2.45, 2.75) is 89.8 Å². The molecule has 0 radical (unpaired) electrons. The van der Waals surface area contributed by atoms with Gasteiger partial charge in [-0.1, -0.05) is 114 Å². The van der Waals surface area contributed by atoms with Crippen LogP contribution in [0, 0.1) is 5.92 Å². The number of carbonyl (C=O) groups excluding carboxylic acids is 2. The predicted octanol–water partition coefficient (Wildman–Crippen LogP) is 9.01. The molecule has 5 aromatic rings. The Labute approximate surface area is 361 Å². The van der Waals surface area contributed by atoms with Gasteiger partial charge in [-0.15, -0.1) is 5.10 Å². The molecule has 7 rings (SSSR count). The van der Waals surface area contributed by atoms with E-state index in [4.69, 9.17) is 9.47 Å². The molecule has 1 spiro atoms. The molecule has 2 aliphatic heterocycles. The SMILES string of the molecule is COc1ccc([Si](C)(C)[C@@H]2[C@@H](CCn3cc(C(CO)c4ccccc4)nn3)O[C@]3(C(=O)N(C/C=C(\C)CCC=C(C)C)c4ccc(NC(=O)c5ccccc5)cc43)[C@H]2C)cc1. The van der Waals surface area contributed by atoms with Gasteiger partial charge in [0.15, 0.2) is 5.60 Å². The van der Waals surface area contributed by atoms with Gasteiger partial charge in [-0.3, -0.25) is 14.3 Å². The summed E-state index contributed by atoms with van der Waals surface area (Å²) >= 11 is 0. The number of rotatable bonds is 16. The van der Waals surface area contributed by atoms with Gasteiger partial charge in [-0.25, -0.2) is 0 Å². The molecule has 1 aromatic heterocycles. The van der Waals surface area contributed by atoms with Crippen molar-refractivity contribution in [3.8, 4) is 5.75 Å². The van der Waals surface area contributed by atoms with E-state index in [2.05, 4.69) is 80.7 Å². The summed E-state index contributed by atoms with van der Waals surface area (Å²) in [4.78, 5) is 30.8. The number of aliphatic hydroxyl groups is 1. The third-order valence-electron chi connectivity index (χ3n) is 12.8. The first-order valence-electron chi connectivity index (χ1n) is 21.4. The molecule has 4 aromatic carbocycles. The molecular weight excluding hydrogens is 779 g/mol. The maximum atomic E-state index is 15.4. The van der Waals surface area contributed by atoms with Crippen molar-refractivity contribution in [2.75, 3.05) is 30.5 Å². The van der Waals surface area contributed by atoms with E-state index >= 15 is 4.79 Å². The van der Waals surface area contributed by atoms with Crippen LogP contribution in [0.2, 0.25) is 18.6 Å². The number of allylic oxidation sites excluding steroid dienone is 3. The van der Waals surface area contributed by atoms with Gasteiger partial charge in [-0.05, 0) is 93.6 Å². The van der Waals surface area contributed by atoms with Gasteiger partial charge in [0.05, 0.1) is 45.2 Å². The van der Waals surface area contributed by atoms with Gasteiger partial charge in [-0.2, -0.15) is 0 Å². The molecule has 1 fully saturated rings. The molecule has 1 unspecified atom stereocenters. The maximum Gasteiger partial charge on any atom is 0.264 e. The number of nitrogens with one attached hydrogen (secondary N) is 1. The largest absolute Gasteiger partial charge is 0.497 e. The second-order valence-electron chi connectivity index (χ2n) is 17.3. The fraction of sp³-hybridized carbons (Fsp3) is 0.360. The summed E-state index contributed by atoms with van der Waals surface area (Å²) in [6, 6.07) is 33.2. The molecule has 318 valence electrons. The number of benzene rings is 4. The highest BCUT2D eigenvalue weighted by Crippen LogP contribution is 2.60. The highest BCUT2D eigenvalue weighted by molar-refractivity contribution is 6.91. The minimum Gasteiger partial charge on any atom is -0.497 e. The zero-order valence-electron chi connectivity index (χ0n) is 36.5. The molecule has 1 saturated heterocycles. The maximum absolute atomic E-state index is 15.4. The number of aromatic nitrogens is 3. The molecule has 11 heteroatoms. The van der Waals surface area contributed by atoms with Gasteiger partial charge in [0.25, 0.3) is 11.8 Å². The van der Waals surface area contributed by atoms with Crippen molar-refractivity contribution in [3.05, 3.63) is 155 Å². The van der Waals surface area contributed by atoms with Gasteiger partial charge in [0, 0.05) is 42.0 Å². The number of anilines is 2. The van der Waals surface area contributed by atoms with Gasteiger partial charge in [0.1, 0.15) is 5.75 Å². The molecule has 2 amide bonds. The van der Waals surface area contributed by atoms with E-state index < -0.39 is 13.7 Å². The number of aliphatic hydroxyl groups excluding tert-OH is 1. The average molecular weight is 838 g/mol. The number of nitrogens with zero attached hydrogens (tertiary/aromatic N) is 4. The third kappa shape index (κ3) is 8.91. The van der Waals surface area contributed by atoms with Gasteiger partial charge >= 0.3 is 0 Å². The number of amides is 2. The minimum atomic E-state index is -2.44. The Morgan fingerprint density at radius 3 is 2.36 bits per heavy atom. The minimum absolute atomic E-state index is 0.000870. The molecule has 10 nitrogen and oxygen atoms in total. The number of hydrogen-bond donors (Lipinski definition) is 2. The number of ether oxygens (including phenoxy) is 2. The summed E-state index contributed by atoms with van der Waals surface area (Å²) in [6.45, 7) is 14.1. The lowest BCUT2D eigenvalue weighted by Gasteiger charge is -2.37. The predicted molar refractivity (Wildman–Crippen MR) is 245 cm³/mol. The molecule has 2 aliphatic rings. The normalized spacial score (nSPS) is 20.5. The fourth-order valence-electron chi connectivity index (χ4n) is 9.47. The van der Waals surface area contributed by atoms with E-state index in [1.165, 1.54) is 16.3 Å². The summed E-state index contributed by atoms with van der Waals surface area (Å²) in [7, 11) is -0.762. The lowest BCUT2D eigenvalue weighted by molar-refractivity contribution is -0.145. The highest BCUT2D eigenvalue weighted by atomic mass is 28.3. The molecule has 2 N–H and O–H groups in total. The molecule has 3 heterocycles. The van der Waals surface area contributed by atoms with E-state index in [-0.39, 0.29) is 41.9 Å². The van der Waals surface area contributed by atoms with Crippen molar-refractivity contribution in [1.82, 2.24) is 15.0 Å². The van der Waals surface area contributed by atoms with Gasteiger partial charge < -0.3 is 24.8 Å². The van der Waals surface area contributed by atoms with E-state index in [1.54, 1.807) is 19.2 Å². The summed E-state index contributed by atoms with van der Waals surface area (Å²) in [5.41, 5.74) is 5.58. The van der Waals surface area contributed by atoms with Crippen molar-refractivity contribution in [1.29, 1.82) is 0 Å². The molecule has 61 heavy (non-hydrogen) atoms. The van der Waals surface area contributed by atoms with Crippen LogP contribution >= 0.6 is 0 Å². The quantitative estimate of drug-likeness (QED) is 0.0753. The Morgan fingerprint density at radius 1 is 0.984 bits per heavy atom. The first-order valence-corrected chi connectivity index (χ1v) is 24.4. The van der Waals surface area contributed by atoms with Crippen LogP contribution < -0.4 is 20.1 Å². The molecule has 0 aliphatic carbocycles. The van der Waals surface area contributed by atoms with Crippen LogP contribution in [0.5, 0.6) is 5.75 Å². The van der Waals surface area contributed by atoms with Crippen LogP contribution in [0.3, 0.4) is 0 Å². The topological polar surface area (TPSA) is 119 Å². The van der Waals surface area contributed by atoms with E-state index in [9.17, 15) is 9.90 Å². The summed E-state index contributed by atoms with van der Waals surface area (Å²) < 4.78 is 14.8. The Morgan fingerprint density at radius 2 is 1.69 bits per heavy atom. The third-order valence-corrected chi connectivity index (χ3v) is 17.1. The Kier molecular flexibility index (Phi) is 13.2. The van der Waals surface area contributed by atoms with Crippen LogP contribution in [0.4, 0.5) is 11.4 Å². The standard InChI is InChI=1S/C50H59N5O5Si/c1-34(2)15-14-16-35(3)27-30-55-45-26-21-39(51-48(57)38-19-12-9-13-20-38)31-43(45)50(49(55)58)36(4)47(61(6,7)41-24-22-40(59-5)23-25-41)46(60-50)28-29-54-32-44(52-53-54)42(33-56)37-17-10-8-11-18-37/h8-13,15,17-27,31-32,36,42,46-47,56H,14,16,28-30,33H2,1-7H3,(H,51,57)/b35-27+/t36-,42?,46+,47-,50+/m0/s1. The smallest absolute Gasteiger partial charge is 0.264 e. The molecule has 0 saturated carbocycles. The van der Waals surface area contributed by atoms with Crippen LogP contribution in [0.15, 0.2) is 133 Å². The summed E-state index contributed by atoms with van der Waals surface area (Å²) in [6.07, 6.45) is 8.42. The molecule has 5 atom stereocenters. The zero-order valence-corrected chi connectivity index (χ0v) is 37.5. The Bertz CT molecular complexity index is 2370. The van der Waals surface area contributed by atoms with Crippen LogP contribution in [-0.2, 0) is 21.7 Å². The Balaban J connectivity index is 1.27. The van der Waals surface area contributed by atoms with Crippen LogP contribution in [-0.4, -0.2) is 66.4 Å². The van der Waals surface area contributed by atoms with Crippen molar-refractivity contribution >= 4 is 36.4 Å². The second-order valence-corrected chi connectivity index (χ2v) is 22.0. The van der Waals surface area contributed by atoms with Gasteiger partial charge in [0.2, 0.25) is 0 Å². The van der Waals surface area contributed by atoms with Crippen LogP contribution in [0.1, 0.15) is 80.1 Å². The molecular formula is C50H59N5O5Si. The highest BCUT2D eigenvalue weighted by Gasteiger charge is 2.66. The van der Waals surface area contributed by atoms with Crippen molar-refractivity contribution in [3.63, 3.8) is 0 Å². The lowest BCUT2D eigenvalue weighted by Crippen LogP contribution is -2.52. The van der Waals surface area contributed by atoms with E-state index in [0.717, 1.165) is 35.4 Å². The van der Waals surface area contributed by atoms with Crippen molar-refractivity contribution in [2.24, 2.45) is 5.92 Å². The first kappa shape index (κ1) is 43.5. The summed E-state index contributed by atoms with van der Waals surface area (Å²) in [5, 5.41) is 23.7. The monoisotopic (exact) mass is 837 g/mol. The number of carbonyl (C=O) groups is 2. The summed E-state index contributed by atoms with van der Waals surface area (Å²) in [5.74, 6) is -0.0455. The zero-order chi connectivity index (χ0) is 43.3. The fourth-order valence-corrected chi connectivity index (χ4v) is 13.5. The average Bonchev–Trinajstić information content (AvgIpc) is 3.92. The Hall–Kier alpha value is -5.62. The van der Waals surface area contributed by atoms with Crippen LogP contribution in [0.25, 0.3) is 0 Å². The van der Waals surface area contributed by atoms with E-state index in [1.807, 2.05) is 94.6 Å². The first-order chi connectivity index (χ1) is 29.4. The van der Waals surface area contributed by atoms with Crippen molar-refractivity contribution < 1.29 is 24.2 Å². The number of fused-ring (bicyclic) bond motifs is 2. The molecule has 0 bridgehead atoms. The second kappa shape index (κ2) is 18.6. The lowest BCUT2D eigenvalue weighted by atomic mass is 9.82. The number of aryl methyl sites for hydroxylation is 1. The van der Waals surface area contributed by atoms with E-state index in [0.29, 0.717) is 36.5 Å².